The molecular formula is C13H22N2O3S2. The second-order valence-corrected chi connectivity index (χ2v) is 7.58. The van der Waals surface area contributed by atoms with Gasteiger partial charge >= 0.3 is 0 Å². The quantitative estimate of drug-likeness (QED) is 0.700. The molecule has 1 rings (SSSR count). The van der Waals surface area contributed by atoms with E-state index in [9.17, 15) is 13.5 Å². The monoisotopic (exact) mass is 318 g/mol. The Bertz CT molecular complexity index is 544. The molecule has 0 aliphatic carbocycles. The molecule has 0 aliphatic rings. The smallest absolute Gasteiger partial charge is 0.238 e. The first-order chi connectivity index (χ1) is 9.15. The lowest BCUT2D eigenvalue weighted by Crippen LogP contribution is -2.40. The largest absolute Gasteiger partial charge is 0.388 e. The van der Waals surface area contributed by atoms with Crippen LogP contribution in [0.2, 0.25) is 0 Å². The van der Waals surface area contributed by atoms with E-state index in [1.165, 1.54) is 6.07 Å². The summed E-state index contributed by atoms with van der Waals surface area (Å²) in [7, 11) is -3.69. The minimum absolute atomic E-state index is 0.0787. The summed E-state index contributed by atoms with van der Waals surface area (Å²) in [5.41, 5.74) is 0.0158. The molecule has 0 aromatic heterocycles. The molecule has 4 N–H and O–H groups in total. The first-order valence-electron chi connectivity index (χ1n) is 6.23. The first-order valence-corrected chi connectivity index (χ1v) is 9.17. The molecule has 5 nitrogen and oxygen atoms in total. The zero-order valence-electron chi connectivity index (χ0n) is 12.0. The lowest BCUT2D eigenvalue weighted by atomic mass is 10.1. The van der Waals surface area contributed by atoms with E-state index in [4.69, 9.17) is 5.14 Å². The fraction of sp³-hybridized carbons (Fsp3) is 0.538. The predicted molar refractivity (Wildman–Crippen MR) is 83.2 cm³/mol. The number of nitrogens with one attached hydrogen (secondary N) is 1. The van der Waals surface area contributed by atoms with Crippen LogP contribution in [0, 0.1) is 0 Å². The summed E-state index contributed by atoms with van der Waals surface area (Å²) in [4.78, 5) is 0.0968. The van der Waals surface area contributed by atoms with E-state index < -0.39 is 15.6 Å². The molecule has 0 bridgehead atoms. The normalized spacial score (nSPS) is 16.6. The fourth-order valence-corrected chi connectivity index (χ4v) is 3.11. The van der Waals surface area contributed by atoms with E-state index in [1.54, 1.807) is 30.8 Å². The summed E-state index contributed by atoms with van der Waals surface area (Å²) >= 11 is 1.58. The Balaban J connectivity index is 2.76. The highest BCUT2D eigenvalue weighted by molar-refractivity contribution is 7.98. The molecule has 0 saturated heterocycles. The standard InChI is InChI=1S/C13H22N2O3S2/c1-10(15-8-13(2,16)9-19-3)11-5-4-6-12(7-11)20(14,17)18/h4-7,10,15-16H,8-9H2,1-3H3,(H2,14,17,18). The molecule has 20 heavy (non-hydrogen) atoms. The number of aliphatic hydroxyl groups is 1. The number of hydrogen-bond donors (Lipinski definition) is 3. The highest BCUT2D eigenvalue weighted by atomic mass is 32.2. The van der Waals surface area contributed by atoms with Crippen molar-refractivity contribution in [2.45, 2.75) is 30.4 Å². The fourth-order valence-electron chi connectivity index (χ4n) is 1.81. The Hall–Kier alpha value is -0.600. The first kappa shape index (κ1) is 17.5. The molecule has 0 fully saturated rings. The third-order valence-electron chi connectivity index (χ3n) is 2.93. The van der Waals surface area contributed by atoms with Crippen LogP contribution in [0.4, 0.5) is 0 Å². The van der Waals surface area contributed by atoms with Gasteiger partial charge in [0.05, 0.1) is 10.5 Å². The van der Waals surface area contributed by atoms with Crippen molar-refractivity contribution in [3.05, 3.63) is 29.8 Å². The SMILES string of the molecule is CSCC(C)(O)CNC(C)c1cccc(S(N)(=O)=O)c1. The highest BCUT2D eigenvalue weighted by Crippen LogP contribution is 2.18. The molecule has 0 heterocycles. The Morgan fingerprint density at radius 2 is 2.15 bits per heavy atom. The van der Waals surface area contributed by atoms with Gasteiger partial charge in [0.1, 0.15) is 0 Å². The van der Waals surface area contributed by atoms with Crippen LogP contribution in [0.3, 0.4) is 0 Å². The molecule has 114 valence electrons. The van der Waals surface area contributed by atoms with Crippen molar-refractivity contribution < 1.29 is 13.5 Å². The van der Waals surface area contributed by atoms with Crippen molar-refractivity contribution in [2.75, 3.05) is 18.6 Å². The van der Waals surface area contributed by atoms with Gasteiger partial charge in [0.2, 0.25) is 10.0 Å². The molecular weight excluding hydrogens is 296 g/mol. The summed E-state index contributed by atoms with van der Waals surface area (Å²) in [5, 5.41) is 18.4. The van der Waals surface area contributed by atoms with Gasteiger partial charge in [-0.2, -0.15) is 11.8 Å². The van der Waals surface area contributed by atoms with E-state index in [-0.39, 0.29) is 10.9 Å². The van der Waals surface area contributed by atoms with Crippen LogP contribution in [0.15, 0.2) is 29.2 Å². The molecule has 0 radical (unpaired) electrons. The van der Waals surface area contributed by atoms with Crippen molar-refractivity contribution in [1.29, 1.82) is 0 Å². The van der Waals surface area contributed by atoms with E-state index >= 15 is 0 Å². The Kier molecular flexibility index (Phi) is 6.03. The van der Waals surface area contributed by atoms with Crippen LogP contribution in [0.1, 0.15) is 25.5 Å². The van der Waals surface area contributed by atoms with Gasteiger partial charge in [0.25, 0.3) is 0 Å². The third-order valence-corrected chi connectivity index (χ3v) is 4.75. The minimum atomic E-state index is -3.69. The second-order valence-electron chi connectivity index (χ2n) is 5.15. The molecule has 0 amide bonds. The van der Waals surface area contributed by atoms with Crippen LogP contribution < -0.4 is 10.5 Å². The van der Waals surface area contributed by atoms with Gasteiger partial charge in [-0.05, 0) is 37.8 Å². The molecule has 1 aromatic rings. The Morgan fingerprint density at radius 1 is 1.50 bits per heavy atom. The van der Waals surface area contributed by atoms with Crippen molar-refractivity contribution in [3.63, 3.8) is 0 Å². The number of rotatable bonds is 7. The van der Waals surface area contributed by atoms with E-state index in [0.717, 1.165) is 5.56 Å². The van der Waals surface area contributed by atoms with Crippen molar-refractivity contribution in [1.82, 2.24) is 5.32 Å². The summed E-state index contributed by atoms with van der Waals surface area (Å²) in [6, 6.07) is 6.43. The predicted octanol–water partition coefficient (Wildman–Crippen LogP) is 1.10. The van der Waals surface area contributed by atoms with Crippen LogP contribution in [-0.2, 0) is 10.0 Å². The molecule has 2 atom stereocenters. The average molecular weight is 318 g/mol. The number of benzene rings is 1. The molecule has 0 spiro atoms. The summed E-state index contributed by atoms with van der Waals surface area (Å²) < 4.78 is 22.6. The molecule has 2 unspecified atom stereocenters. The molecule has 0 aliphatic heterocycles. The lowest BCUT2D eigenvalue weighted by molar-refractivity contribution is 0.0820. The zero-order valence-corrected chi connectivity index (χ0v) is 13.6. The lowest BCUT2D eigenvalue weighted by Gasteiger charge is -2.25. The van der Waals surface area contributed by atoms with Crippen molar-refractivity contribution in [3.8, 4) is 0 Å². The van der Waals surface area contributed by atoms with Crippen molar-refractivity contribution in [2.24, 2.45) is 5.14 Å². The van der Waals surface area contributed by atoms with E-state index in [0.29, 0.717) is 12.3 Å². The zero-order chi connectivity index (χ0) is 15.4. The maximum Gasteiger partial charge on any atom is 0.238 e. The molecule has 0 saturated carbocycles. The highest BCUT2D eigenvalue weighted by Gasteiger charge is 2.20. The van der Waals surface area contributed by atoms with Gasteiger partial charge < -0.3 is 10.4 Å². The summed E-state index contributed by atoms with van der Waals surface area (Å²) in [6.45, 7) is 4.11. The van der Waals surface area contributed by atoms with Crippen LogP contribution in [-0.4, -0.2) is 37.7 Å². The summed E-state index contributed by atoms with van der Waals surface area (Å²) in [5.74, 6) is 0.629. The van der Waals surface area contributed by atoms with Crippen LogP contribution >= 0.6 is 11.8 Å². The second kappa shape index (κ2) is 6.91. The third kappa shape index (κ3) is 5.41. The number of thioether (sulfide) groups is 1. The average Bonchev–Trinajstić information content (AvgIpc) is 2.35. The van der Waals surface area contributed by atoms with Gasteiger partial charge in [0.15, 0.2) is 0 Å². The number of sulfonamides is 1. The van der Waals surface area contributed by atoms with E-state index in [2.05, 4.69) is 5.32 Å². The van der Waals surface area contributed by atoms with Crippen LogP contribution in [0.25, 0.3) is 0 Å². The molecule has 1 aromatic carbocycles. The van der Waals surface area contributed by atoms with Gasteiger partial charge in [-0.3, -0.25) is 0 Å². The van der Waals surface area contributed by atoms with E-state index in [1.807, 2.05) is 19.2 Å². The topological polar surface area (TPSA) is 92.4 Å². The Morgan fingerprint density at radius 3 is 2.70 bits per heavy atom. The molecule has 7 heteroatoms. The van der Waals surface area contributed by atoms with Crippen LogP contribution in [0.5, 0.6) is 0 Å². The minimum Gasteiger partial charge on any atom is -0.388 e. The van der Waals surface area contributed by atoms with Gasteiger partial charge in [0, 0.05) is 18.3 Å². The van der Waals surface area contributed by atoms with Gasteiger partial charge in [-0.15, -0.1) is 0 Å². The van der Waals surface area contributed by atoms with Gasteiger partial charge in [-0.1, -0.05) is 12.1 Å². The van der Waals surface area contributed by atoms with Crippen molar-refractivity contribution >= 4 is 21.8 Å². The number of primary sulfonamides is 1. The van der Waals surface area contributed by atoms with Gasteiger partial charge in [-0.25, -0.2) is 13.6 Å². The maximum absolute atomic E-state index is 11.3. The maximum atomic E-state index is 11.3. The number of nitrogens with two attached hydrogens (primary N) is 1. The summed E-state index contributed by atoms with van der Waals surface area (Å²) in [6.07, 6.45) is 1.94. The number of hydrogen-bond acceptors (Lipinski definition) is 5. The Labute approximate surface area is 125 Å².